The number of benzene rings is 10. The Balaban J connectivity index is 0.938. The van der Waals surface area contributed by atoms with E-state index in [0.717, 1.165) is 39.2 Å². The van der Waals surface area contributed by atoms with E-state index in [0.29, 0.717) is 5.82 Å². The second kappa shape index (κ2) is 15.5. The summed E-state index contributed by atoms with van der Waals surface area (Å²) in [5, 5.41) is 8.83. The Morgan fingerprint density at radius 1 is 0.302 bits per heavy atom. The fraction of sp³-hybridized carbons (Fsp3) is 0. The lowest BCUT2D eigenvalue weighted by Crippen LogP contribution is -1.96. The number of fused-ring (bicyclic) bond motifs is 5. The van der Waals surface area contributed by atoms with Gasteiger partial charge in [0.2, 0.25) is 0 Å². The molecule has 0 spiro atoms. The van der Waals surface area contributed by atoms with Gasteiger partial charge in [-0.15, -0.1) is 11.3 Å². The van der Waals surface area contributed by atoms with Gasteiger partial charge in [-0.25, -0.2) is 9.97 Å². The SMILES string of the molecule is c1ccc(-c2nc(-c3ccc(-c4ccc(-c5c6ccccc6c(-c6ccccc6)c6c5ccc5ccccc56)cc4)cc3)cc(-c3ccccc3-c3cc4ccccc4s3)n2)cc1. The molecule has 12 rings (SSSR count). The maximum absolute atomic E-state index is 5.20. The molecule has 0 N–H and O–H groups in total. The Kier molecular flexibility index (Phi) is 9.06. The summed E-state index contributed by atoms with van der Waals surface area (Å²) in [5.41, 5.74) is 13.4. The number of nitrogens with zero attached hydrogens (tertiary/aromatic N) is 2. The molecule has 10 aromatic carbocycles. The summed E-state index contributed by atoms with van der Waals surface area (Å²) in [6.45, 7) is 0. The van der Waals surface area contributed by atoms with E-state index in [1.54, 1.807) is 0 Å². The minimum Gasteiger partial charge on any atom is -0.228 e. The molecule has 0 aliphatic heterocycles. The molecule has 0 unspecified atom stereocenters. The number of rotatable bonds is 7. The van der Waals surface area contributed by atoms with E-state index in [1.807, 2.05) is 29.5 Å². The van der Waals surface area contributed by atoms with Crippen molar-refractivity contribution in [3.05, 3.63) is 231 Å². The van der Waals surface area contributed by atoms with Gasteiger partial charge in [-0.2, -0.15) is 0 Å². The van der Waals surface area contributed by atoms with E-state index in [2.05, 4.69) is 212 Å². The van der Waals surface area contributed by atoms with Gasteiger partial charge in [0.05, 0.1) is 11.4 Å². The molecule has 2 heterocycles. The summed E-state index contributed by atoms with van der Waals surface area (Å²) in [6, 6.07) is 82.9. The quantitative estimate of drug-likeness (QED) is 0.118. The first-order valence-corrected chi connectivity index (χ1v) is 22.2. The first kappa shape index (κ1) is 36.8. The third-order valence-electron chi connectivity index (χ3n) is 12.3. The summed E-state index contributed by atoms with van der Waals surface area (Å²) in [7, 11) is 0. The molecule has 12 aromatic rings. The minimum atomic E-state index is 0.707. The smallest absolute Gasteiger partial charge is 0.160 e. The highest BCUT2D eigenvalue weighted by Crippen LogP contribution is 2.46. The van der Waals surface area contributed by atoms with E-state index in [-0.39, 0.29) is 0 Å². The molecule has 0 saturated heterocycles. The molecule has 0 amide bonds. The zero-order valence-electron chi connectivity index (χ0n) is 34.2. The van der Waals surface area contributed by atoms with Gasteiger partial charge < -0.3 is 0 Å². The zero-order chi connectivity index (χ0) is 41.7. The summed E-state index contributed by atoms with van der Waals surface area (Å²) >= 11 is 1.82. The van der Waals surface area contributed by atoms with Gasteiger partial charge in [-0.3, -0.25) is 0 Å². The third kappa shape index (κ3) is 6.58. The molecule has 2 nitrogen and oxygen atoms in total. The highest BCUT2D eigenvalue weighted by Gasteiger charge is 2.19. The average molecular weight is 819 g/mol. The summed E-state index contributed by atoms with van der Waals surface area (Å²) in [4.78, 5) is 11.6. The molecule has 63 heavy (non-hydrogen) atoms. The molecule has 0 radical (unpaired) electrons. The monoisotopic (exact) mass is 818 g/mol. The van der Waals surface area contributed by atoms with Crippen LogP contribution >= 0.6 is 11.3 Å². The van der Waals surface area contributed by atoms with Gasteiger partial charge in [-0.05, 0) is 89.3 Å². The van der Waals surface area contributed by atoms with Crippen molar-refractivity contribution in [2.45, 2.75) is 0 Å². The molecule has 2 aromatic heterocycles. The second-order valence-electron chi connectivity index (χ2n) is 16.0. The Morgan fingerprint density at radius 3 is 1.54 bits per heavy atom. The fourth-order valence-electron chi connectivity index (χ4n) is 9.31. The molecule has 0 aliphatic rings. The van der Waals surface area contributed by atoms with Crippen LogP contribution in [0.3, 0.4) is 0 Å². The van der Waals surface area contributed by atoms with Crippen LogP contribution < -0.4 is 0 Å². The Labute approximate surface area is 370 Å². The number of thiophene rings is 1. The van der Waals surface area contributed by atoms with E-state index in [4.69, 9.17) is 9.97 Å². The van der Waals surface area contributed by atoms with Crippen molar-refractivity contribution in [2.24, 2.45) is 0 Å². The van der Waals surface area contributed by atoms with Crippen molar-refractivity contribution >= 4 is 53.7 Å². The number of hydrogen-bond donors (Lipinski definition) is 0. The summed E-state index contributed by atoms with van der Waals surface area (Å²) in [6.07, 6.45) is 0. The maximum Gasteiger partial charge on any atom is 0.160 e. The first-order chi connectivity index (χ1) is 31.2. The van der Waals surface area contributed by atoms with Gasteiger partial charge in [-0.1, -0.05) is 212 Å². The van der Waals surface area contributed by atoms with Crippen molar-refractivity contribution in [1.82, 2.24) is 9.97 Å². The highest BCUT2D eigenvalue weighted by molar-refractivity contribution is 7.22. The van der Waals surface area contributed by atoms with Crippen LogP contribution in [0.5, 0.6) is 0 Å². The Hall–Kier alpha value is -7.98. The standard InChI is InChI=1S/C60H38N2S/c1-3-16-43(17-4-1)58-51-25-13-12-24-50(51)57(52-36-35-41-15-7-9-21-47(41)59(52)58)44-33-29-40(30-34-44)39-27-31-42(32-28-39)53-38-54(62-60(61-53)45-18-5-2-6-19-45)48-22-10-11-23-49(48)56-37-46-20-8-14-26-55(46)63-56/h1-38H. The lowest BCUT2D eigenvalue weighted by Gasteiger charge is -2.19. The largest absolute Gasteiger partial charge is 0.228 e. The van der Waals surface area contributed by atoms with Crippen LogP contribution in [0, 0.1) is 0 Å². The van der Waals surface area contributed by atoms with Gasteiger partial charge in [0.1, 0.15) is 0 Å². The zero-order valence-corrected chi connectivity index (χ0v) is 35.1. The topological polar surface area (TPSA) is 25.8 Å². The van der Waals surface area contributed by atoms with Crippen LogP contribution in [-0.4, -0.2) is 9.97 Å². The second-order valence-corrected chi connectivity index (χ2v) is 17.1. The van der Waals surface area contributed by atoms with Crippen molar-refractivity contribution < 1.29 is 0 Å². The van der Waals surface area contributed by atoms with Crippen molar-refractivity contribution in [3.8, 4) is 77.7 Å². The summed E-state index contributed by atoms with van der Waals surface area (Å²) < 4.78 is 1.28. The maximum atomic E-state index is 5.20. The Bertz CT molecular complexity index is 3610. The first-order valence-electron chi connectivity index (χ1n) is 21.4. The van der Waals surface area contributed by atoms with Gasteiger partial charge in [0, 0.05) is 31.8 Å². The molecule has 0 aliphatic carbocycles. The number of aromatic nitrogens is 2. The van der Waals surface area contributed by atoms with Crippen LogP contribution in [0.15, 0.2) is 231 Å². The molecule has 0 atom stereocenters. The summed E-state index contributed by atoms with van der Waals surface area (Å²) in [5.74, 6) is 0.707. The van der Waals surface area contributed by atoms with E-state index >= 15 is 0 Å². The average Bonchev–Trinajstić information content (AvgIpc) is 3.81. The van der Waals surface area contributed by atoms with Crippen LogP contribution in [0.25, 0.3) is 120 Å². The predicted octanol–water partition coefficient (Wildman–Crippen LogP) is 16.8. The van der Waals surface area contributed by atoms with Crippen molar-refractivity contribution in [2.75, 3.05) is 0 Å². The molecule has 3 heteroatoms. The van der Waals surface area contributed by atoms with Crippen LogP contribution in [0.4, 0.5) is 0 Å². The molecular weight excluding hydrogens is 781 g/mol. The van der Waals surface area contributed by atoms with E-state index in [9.17, 15) is 0 Å². The van der Waals surface area contributed by atoms with Crippen LogP contribution in [0.2, 0.25) is 0 Å². The number of hydrogen-bond acceptors (Lipinski definition) is 3. The van der Waals surface area contributed by atoms with Gasteiger partial charge >= 0.3 is 0 Å². The normalized spacial score (nSPS) is 11.5. The van der Waals surface area contributed by atoms with Crippen LogP contribution in [0.1, 0.15) is 0 Å². The third-order valence-corrected chi connectivity index (χ3v) is 13.5. The van der Waals surface area contributed by atoms with E-state index in [1.165, 1.54) is 75.1 Å². The van der Waals surface area contributed by atoms with Gasteiger partial charge in [0.25, 0.3) is 0 Å². The van der Waals surface area contributed by atoms with Gasteiger partial charge in [0.15, 0.2) is 5.82 Å². The van der Waals surface area contributed by atoms with Crippen molar-refractivity contribution in [1.29, 1.82) is 0 Å². The lowest BCUT2D eigenvalue weighted by atomic mass is 9.84. The van der Waals surface area contributed by atoms with Crippen molar-refractivity contribution in [3.63, 3.8) is 0 Å². The molecular formula is C60H38N2S. The molecule has 0 bridgehead atoms. The molecule has 294 valence electrons. The van der Waals surface area contributed by atoms with E-state index < -0.39 is 0 Å². The predicted molar refractivity (Wildman–Crippen MR) is 268 cm³/mol. The molecule has 0 saturated carbocycles. The lowest BCUT2D eigenvalue weighted by molar-refractivity contribution is 1.18. The highest BCUT2D eigenvalue weighted by atomic mass is 32.1. The van der Waals surface area contributed by atoms with Crippen LogP contribution in [-0.2, 0) is 0 Å². The molecule has 0 fully saturated rings. The Morgan fingerprint density at radius 2 is 0.825 bits per heavy atom. The fourth-order valence-corrected chi connectivity index (χ4v) is 10.4. The minimum absolute atomic E-state index is 0.707.